The number of aliphatic hydroxyl groups excluding tert-OH is 1. The van der Waals surface area contributed by atoms with E-state index in [9.17, 15) is 14.7 Å². The fourth-order valence-electron chi connectivity index (χ4n) is 7.54. The van der Waals surface area contributed by atoms with Gasteiger partial charge < -0.3 is 40.3 Å². The monoisotopic (exact) mass is 689 g/mol. The molecule has 3 amide bonds. The summed E-state index contributed by atoms with van der Waals surface area (Å²) in [5.41, 5.74) is 5.33. The van der Waals surface area contributed by atoms with Crippen LogP contribution >= 0.6 is 0 Å². The van der Waals surface area contributed by atoms with Crippen molar-refractivity contribution in [1.29, 1.82) is 0 Å². The van der Waals surface area contributed by atoms with Crippen LogP contribution in [0.15, 0.2) is 109 Å². The van der Waals surface area contributed by atoms with Crippen molar-refractivity contribution in [3.8, 4) is 0 Å². The molecule has 3 fully saturated rings. The Morgan fingerprint density at radius 2 is 1.39 bits per heavy atom. The first-order valence-corrected chi connectivity index (χ1v) is 17.9. The lowest BCUT2D eigenvalue weighted by Crippen LogP contribution is -2.57. The lowest BCUT2D eigenvalue weighted by Gasteiger charge is -2.46. The first-order valence-electron chi connectivity index (χ1n) is 17.9. The number of benzene rings is 4. The molecular weight excluding hydrogens is 642 g/mol. The Labute approximate surface area is 299 Å². The highest BCUT2D eigenvalue weighted by Crippen LogP contribution is 2.43. The fourth-order valence-corrected chi connectivity index (χ4v) is 7.54. The quantitative estimate of drug-likeness (QED) is 0.176. The third-order valence-electron chi connectivity index (χ3n) is 10.7. The van der Waals surface area contributed by atoms with Gasteiger partial charge in [-0.2, -0.15) is 0 Å². The van der Waals surface area contributed by atoms with Crippen LogP contribution in [-0.4, -0.2) is 59.9 Å². The van der Waals surface area contributed by atoms with E-state index in [1.54, 1.807) is 0 Å². The molecule has 10 heteroatoms. The van der Waals surface area contributed by atoms with E-state index in [0.29, 0.717) is 19.8 Å². The van der Waals surface area contributed by atoms with Gasteiger partial charge in [-0.15, -0.1) is 0 Å². The molecule has 3 aliphatic rings. The smallest absolute Gasteiger partial charge is 0.315 e. The lowest BCUT2D eigenvalue weighted by molar-refractivity contribution is -0.276. The van der Waals surface area contributed by atoms with Crippen LogP contribution < -0.4 is 20.9 Å². The highest BCUT2D eigenvalue weighted by Gasteiger charge is 2.51. The van der Waals surface area contributed by atoms with Gasteiger partial charge in [0.25, 0.3) is 0 Å². The maximum atomic E-state index is 13.3. The maximum Gasteiger partial charge on any atom is 0.315 e. The van der Waals surface area contributed by atoms with Gasteiger partial charge in [-0.25, -0.2) is 4.79 Å². The number of carbonyl (C=O) groups is 2. The van der Waals surface area contributed by atoms with Gasteiger partial charge in [0.1, 0.15) is 5.54 Å². The number of ether oxygens (including phenoxy) is 2. The Bertz CT molecular complexity index is 1750. The molecular formula is C41H47N5O5. The van der Waals surface area contributed by atoms with Crippen LogP contribution in [0.2, 0.25) is 0 Å². The number of nitrogens with zero attached hydrogens (tertiary/aromatic N) is 2. The average Bonchev–Trinajstić information content (AvgIpc) is 3.50. The van der Waals surface area contributed by atoms with Gasteiger partial charge in [0.15, 0.2) is 6.29 Å². The van der Waals surface area contributed by atoms with Crippen molar-refractivity contribution >= 4 is 17.6 Å². The molecule has 0 saturated carbocycles. The molecule has 4 atom stereocenters. The number of anilines is 1. The van der Waals surface area contributed by atoms with Crippen molar-refractivity contribution in [2.45, 2.75) is 63.5 Å². The summed E-state index contributed by atoms with van der Waals surface area (Å²) in [4.78, 5) is 30.3. The molecule has 3 aliphatic heterocycles. The number of rotatable bonds is 10. The van der Waals surface area contributed by atoms with Gasteiger partial charge in [-0.05, 0) is 47.2 Å². The predicted molar refractivity (Wildman–Crippen MR) is 195 cm³/mol. The van der Waals surface area contributed by atoms with Crippen molar-refractivity contribution in [3.05, 3.63) is 137 Å². The number of hydrogen-bond acceptors (Lipinski definition) is 7. The van der Waals surface area contributed by atoms with Crippen LogP contribution in [0, 0.1) is 5.92 Å². The van der Waals surface area contributed by atoms with Gasteiger partial charge >= 0.3 is 6.03 Å². The van der Waals surface area contributed by atoms with Crippen LogP contribution in [0.25, 0.3) is 0 Å². The molecule has 4 aromatic rings. The number of likely N-dealkylation sites (tertiary alicyclic amines) is 1. The lowest BCUT2D eigenvalue weighted by atomic mass is 9.84. The summed E-state index contributed by atoms with van der Waals surface area (Å²) < 4.78 is 13.4. The number of para-hydroxylation sites is 1. The van der Waals surface area contributed by atoms with E-state index in [-0.39, 0.29) is 36.7 Å². The molecule has 10 nitrogen and oxygen atoms in total. The van der Waals surface area contributed by atoms with Crippen LogP contribution in [0.5, 0.6) is 0 Å². The van der Waals surface area contributed by atoms with E-state index >= 15 is 0 Å². The minimum absolute atomic E-state index is 0.0121. The molecule has 51 heavy (non-hydrogen) atoms. The number of amides is 3. The summed E-state index contributed by atoms with van der Waals surface area (Å²) in [6.07, 6.45) is 0.538. The highest BCUT2D eigenvalue weighted by molar-refractivity contribution is 5.93. The van der Waals surface area contributed by atoms with Crippen LogP contribution in [0.4, 0.5) is 10.5 Å². The molecule has 4 N–H and O–H groups in total. The topological polar surface area (TPSA) is 115 Å². The molecule has 0 bridgehead atoms. The van der Waals surface area contributed by atoms with E-state index in [2.05, 4.69) is 44.8 Å². The molecule has 0 radical (unpaired) electrons. The van der Waals surface area contributed by atoms with Crippen molar-refractivity contribution in [1.82, 2.24) is 20.9 Å². The Morgan fingerprint density at radius 3 is 2.04 bits per heavy atom. The minimum Gasteiger partial charge on any atom is -0.392 e. The van der Waals surface area contributed by atoms with Gasteiger partial charge in [0, 0.05) is 49.9 Å². The predicted octanol–water partition coefficient (Wildman–Crippen LogP) is 5.40. The maximum absolute atomic E-state index is 13.3. The van der Waals surface area contributed by atoms with E-state index in [1.807, 2.05) is 97.1 Å². The van der Waals surface area contributed by atoms with Crippen LogP contribution in [0.1, 0.15) is 60.0 Å². The van der Waals surface area contributed by atoms with Gasteiger partial charge in [-0.3, -0.25) is 4.79 Å². The van der Waals surface area contributed by atoms with E-state index in [4.69, 9.17) is 9.47 Å². The fraction of sp³-hybridized carbons (Fsp3) is 0.366. The van der Waals surface area contributed by atoms with Crippen LogP contribution in [-0.2, 0) is 34.0 Å². The molecule has 3 saturated heterocycles. The molecule has 3 heterocycles. The molecule has 0 aliphatic carbocycles. The zero-order valence-corrected chi connectivity index (χ0v) is 29.0. The summed E-state index contributed by atoms with van der Waals surface area (Å²) in [7, 11) is 0. The third kappa shape index (κ3) is 7.79. The second-order valence-corrected chi connectivity index (χ2v) is 13.8. The van der Waals surface area contributed by atoms with Crippen molar-refractivity contribution in [2.24, 2.45) is 5.92 Å². The molecule has 0 aromatic heterocycles. The number of piperidine rings is 1. The van der Waals surface area contributed by atoms with E-state index < -0.39 is 11.8 Å². The largest absolute Gasteiger partial charge is 0.392 e. The van der Waals surface area contributed by atoms with E-state index in [0.717, 1.165) is 66.0 Å². The summed E-state index contributed by atoms with van der Waals surface area (Å²) in [6.45, 7) is 5.83. The third-order valence-corrected chi connectivity index (χ3v) is 10.7. The van der Waals surface area contributed by atoms with Crippen molar-refractivity contribution < 1.29 is 24.2 Å². The number of nitrogens with one attached hydrogen (secondary N) is 3. The molecule has 4 aromatic carbocycles. The summed E-state index contributed by atoms with van der Waals surface area (Å²) in [6, 6.07) is 35.7. The van der Waals surface area contributed by atoms with Crippen molar-refractivity contribution in [2.75, 3.05) is 31.2 Å². The molecule has 266 valence electrons. The standard InChI is InChI=1S/C41H47N5O5/c1-29-36(26-45-22-20-41(21-23-45)39(48)44-28-46(41)35-10-6-3-7-11-35)50-38(51-37(29)33-16-14-32(27-47)15-17-33)34-18-12-31(13-19-34)25-43-40(49)42-24-30-8-4-2-5-9-30/h2-19,29,36-38,47H,20-28H2,1H3,(H,44,48)(H2,42,43,49)/t29-,36+,37+,38+/m0/s1. The average molecular weight is 690 g/mol. The second kappa shape index (κ2) is 15.7. The first-order chi connectivity index (χ1) is 24.9. The minimum atomic E-state index is -0.588. The number of aliphatic hydroxyl groups is 1. The summed E-state index contributed by atoms with van der Waals surface area (Å²) in [5, 5.41) is 18.6. The molecule has 1 spiro atoms. The zero-order chi connectivity index (χ0) is 35.2. The molecule has 7 rings (SSSR count). The van der Waals surface area contributed by atoms with Crippen LogP contribution in [0.3, 0.4) is 0 Å². The Kier molecular flexibility index (Phi) is 10.6. The number of carbonyl (C=O) groups excluding carboxylic acids is 2. The van der Waals surface area contributed by atoms with Gasteiger partial charge in [0.2, 0.25) is 5.91 Å². The van der Waals surface area contributed by atoms with E-state index in [1.165, 1.54) is 0 Å². The van der Waals surface area contributed by atoms with Crippen molar-refractivity contribution in [3.63, 3.8) is 0 Å². The Hall–Kier alpha value is -4.74. The summed E-state index contributed by atoms with van der Waals surface area (Å²) >= 11 is 0. The SMILES string of the molecule is C[C@H]1[C@@H](CN2CCC3(CC2)C(=O)NCN3c2ccccc2)O[C@@H](c2ccc(CNC(=O)NCc3ccccc3)cc2)O[C@H]1c1ccc(CO)cc1. The number of hydrogen-bond donors (Lipinski definition) is 4. The first kappa shape index (κ1) is 34.7. The zero-order valence-electron chi connectivity index (χ0n) is 29.0. The van der Waals surface area contributed by atoms with Gasteiger partial charge in [-0.1, -0.05) is 104 Å². The second-order valence-electron chi connectivity index (χ2n) is 13.8. The Balaban J connectivity index is 1.02. The Morgan fingerprint density at radius 1 is 0.804 bits per heavy atom. The normalized spacial score (nSPS) is 23.2. The number of urea groups is 1. The van der Waals surface area contributed by atoms with Gasteiger partial charge in [0.05, 0.1) is 25.5 Å². The summed E-state index contributed by atoms with van der Waals surface area (Å²) in [5.74, 6) is 0.158. The highest BCUT2D eigenvalue weighted by atomic mass is 16.7. The molecule has 0 unspecified atom stereocenters.